The van der Waals surface area contributed by atoms with E-state index in [1.54, 1.807) is 12.2 Å². The first-order valence-corrected chi connectivity index (χ1v) is 4.50. The summed E-state index contributed by atoms with van der Waals surface area (Å²) in [6.45, 7) is -0.340. The van der Waals surface area contributed by atoms with E-state index in [1.807, 2.05) is 30.3 Å². The molecule has 0 unspecified atom stereocenters. The maximum absolute atomic E-state index is 11.6. The molecule has 15 heavy (non-hydrogen) atoms. The van der Waals surface area contributed by atoms with Crippen LogP contribution in [0.2, 0.25) is 0 Å². The van der Waals surface area contributed by atoms with Crippen molar-refractivity contribution in [3.05, 3.63) is 42.0 Å². The fraction of sp³-hybridized carbons (Fsp3) is 0.273. The largest absolute Gasteiger partial charge is 0.522 e. The SMILES string of the molecule is FC(F)(F)OCCC=Cc1ccccc1. The van der Waals surface area contributed by atoms with Crippen LogP contribution in [0.1, 0.15) is 12.0 Å². The lowest BCUT2D eigenvalue weighted by atomic mass is 10.2. The van der Waals surface area contributed by atoms with E-state index in [2.05, 4.69) is 4.74 Å². The van der Waals surface area contributed by atoms with Crippen molar-refractivity contribution in [2.45, 2.75) is 12.8 Å². The quantitative estimate of drug-likeness (QED) is 0.698. The number of halogens is 3. The molecule has 0 saturated heterocycles. The van der Waals surface area contributed by atoms with Gasteiger partial charge in [-0.1, -0.05) is 42.5 Å². The van der Waals surface area contributed by atoms with Crippen LogP contribution >= 0.6 is 0 Å². The Balaban J connectivity index is 2.24. The molecular formula is C11H11F3O. The van der Waals surface area contributed by atoms with E-state index in [0.29, 0.717) is 0 Å². The maximum atomic E-state index is 11.6. The molecule has 0 spiro atoms. The number of benzene rings is 1. The van der Waals surface area contributed by atoms with E-state index in [9.17, 15) is 13.2 Å². The zero-order chi connectivity index (χ0) is 11.1. The van der Waals surface area contributed by atoms with Crippen LogP contribution in [0.5, 0.6) is 0 Å². The van der Waals surface area contributed by atoms with Crippen LogP contribution in [-0.4, -0.2) is 13.0 Å². The summed E-state index contributed by atoms with van der Waals surface area (Å²) in [7, 11) is 0. The molecule has 0 atom stereocenters. The van der Waals surface area contributed by atoms with E-state index in [-0.39, 0.29) is 13.0 Å². The molecule has 1 aromatic carbocycles. The Morgan fingerprint density at radius 1 is 1.13 bits per heavy atom. The summed E-state index contributed by atoms with van der Waals surface area (Å²) in [5.74, 6) is 0. The van der Waals surface area contributed by atoms with Crippen LogP contribution in [0.4, 0.5) is 13.2 Å². The second-order valence-corrected chi connectivity index (χ2v) is 2.90. The molecule has 0 aliphatic carbocycles. The summed E-state index contributed by atoms with van der Waals surface area (Å²) in [5, 5.41) is 0. The summed E-state index contributed by atoms with van der Waals surface area (Å²) in [6.07, 6.45) is -0.865. The molecular weight excluding hydrogens is 205 g/mol. The molecule has 1 rings (SSSR count). The zero-order valence-electron chi connectivity index (χ0n) is 8.00. The van der Waals surface area contributed by atoms with Gasteiger partial charge in [-0.3, -0.25) is 4.74 Å². The van der Waals surface area contributed by atoms with Crippen molar-refractivity contribution in [1.82, 2.24) is 0 Å². The number of hydrogen-bond acceptors (Lipinski definition) is 1. The Kier molecular flexibility index (Phi) is 4.37. The lowest BCUT2D eigenvalue weighted by Crippen LogP contribution is -2.13. The minimum absolute atomic E-state index is 0.244. The highest BCUT2D eigenvalue weighted by atomic mass is 19.4. The monoisotopic (exact) mass is 216 g/mol. The molecule has 0 aliphatic rings. The van der Waals surface area contributed by atoms with Crippen LogP contribution in [0, 0.1) is 0 Å². The summed E-state index contributed by atoms with van der Waals surface area (Å²) >= 11 is 0. The highest BCUT2D eigenvalue weighted by Crippen LogP contribution is 2.16. The number of rotatable bonds is 4. The lowest BCUT2D eigenvalue weighted by Gasteiger charge is -2.04. The van der Waals surface area contributed by atoms with Gasteiger partial charge in [0.05, 0.1) is 6.61 Å². The number of hydrogen-bond donors (Lipinski definition) is 0. The zero-order valence-corrected chi connectivity index (χ0v) is 8.00. The van der Waals surface area contributed by atoms with Crippen LogP contribution < -0.4 is 0 Å². The van der Waals surface area contributed by atoms with Crippen molar-refractivity contribution in [3.8, 4) is 0 Å². The fourth-order valence-corrected chi connectivity index (χ4v) is 1.03. The summed E-state index contributed by atoms with van der Waals surface area (Å²) < 4.78 is 38.3. The van der Waals surface area contributed by atoms with Crippen molar-refractivity contribution >= 4 is 6.08 Å². The fourth-order valence-electron chi connectivity index (χ4n) is 1.03. The minimum atomic E-state index is -4.53. The van der Waals surface area contributed by atoms with Gasteiger partial charge in [-0.2, -0.15) is 0 Å². The van der Waals surface area contributed by atoms with Crippen LogP contribution in [0.25, 0.3) is 6.08 Å². The van der Waals surface area contributed by atoms with Gasteiger partial charge >= 0.3 is 6.36 Å². The molecule has 1 aromatic rings. The first-order valence-electron chi connectivity index (χ1n) is 4.50. The van der Waals surface area contributed by atoms with Gasteiger partial charge in [0.1, 0.15) is 0 Å². The van der Waals surface area contributed by atoms with Gasteiger partial charge in [0.25, 0.3) is 0 Å². The molecule has 0 aliphatic heterocycles. The first kappa shape index (κ1) is 11.8. The van der Waals surface area contributed by atoms with Gasteiger partial charge in [-0.25, -0.2) is 0 Å². The van der Waals surface area contributed by atoms with Gasteiger partial charge in [0, 0.05) is 0 Å². The van der Waals surface area contributed by atoms with Crippen LogP contribution in [-0.2, 0) is 4.74 Å². The molecule has 0 aromatic heterocycles. The van der Waals surface area contributed by atoms with Crippen molar-refractivity contribution < 1.29 is 17.9 Å². The predicted molar refractivity (Wildman–Crippen MR) is 52.1 cm³/mol. The number of alkyl halides is 3. The average molecular weight is 216 g/mol. The Morgan fingerprint density at radius 2 is 1.80 bits per heavy atom. The summed E-state index contributed by atoms with van der Waals surface area (Å²) in [6, 6.07) is 9.37. The van der Waals surface area contributed by atoms with Crippen molar-refractivity contribution in [2.75, 3.05) is 6.61 Å². The summed E-state index contributed by atoms with van der Waals surface area (Å²) in [5.41, 5.74) is 0.963. The topological polar surface area (TPSA) is 9.23 Å². The van der Waals surface area contributed by atoms with Gasteiger partial charge in [-0.05, 0) is 12.0 Å². The van der Waals surface area contributed by atoms with Crippen molar-refractivity contribution in [1.29, 1.82) is 0 Å². The molecule has 0 heterocycles. The molecule has 82 valence electrons. The molecule has 4 heteroatoms. The van der Waals surface area contributed by atoms with E-state index in [4.69, 9.17) is 0 Å². The lowest BCUT2D eigenvalue weighted by molar-refractivity contribution is -0.323. The predicted octanol–water partition coefficient (Wildman–Crippen LogP) is 3.63. The third-order valence-corrected chi connectivity index (χ3v) is 1.66. The Morgan fingerprint density at radius 3 is 2.40 bits per heavy atom. The molecule has 1 nitrogen and oxygen atoms in total. The van der Waals surface area contributed by atoms with Crippen LogP contribution in [0.15, 0.2) is 36.4 Å². The molecule has 0 fully saturated rings. The average Bonchev–Trinajstić information content (AvgIpc) is 2.17. The normalized spacial score (nSPS) is 12.2. The van der Waals surface area contributed by atoms with Gasteiger partial charge in [-0.15, -0.1) is 13.2 Å². The second-order valence-electron chi connectivity index (χ2n) is 2.90. The Labute approximate surface area is 86.2 Å². The van der Waals surface area contributed by atoms with E-state index < -0.39 is 6.36 Å². The van der Waals surface area contributed by atoms with Crippen LogP contribution in [0.3, 0.4) is 0 Å². The molecule has 0 saturated carbocycles. The molecule has 0 radical (unpaired) electrons. The third-order valence-electron chi connectivity index (χ3n) is 1.66. The van der Waals surface area contributed by atoms with E-state index >= 15 is 0 Å². The smallest absolute Gasteiger partial charge is 0.292 e. The summed E-state index contributed by atoms with van der Waals surface area (Å²) in [4.78, 5) is 0. The highest BCUT2D eigenvalue weighted by molar-refractivity contribution is 5.48. The highest BCUT2D eigenvalue weighted by Gasteiger charge is 2.28. The van der Waals surface area contributed by atoms with E-state index in [0.717, 1.165) is 5.56 Å². The van der Waals surface area contributed by atoms with Crippen molar-refractivity contribution in [2.24, 2.45) is 0 Å². The molecule has 0 amide bonds. The standard InChI is InChI=1S/C11H11F3O/c12-11(13,14)15-9-5-4-8-10-6-2-1-3-7-10/h1-4,6-8H,5,9H2. The van der Waals surface area contributed by atoms with E-state index in [1.165, 1.54) is 0 Å². The molecule has 0 N–H and O–H groups in total. The third kappa shape index (κ3) is 5.91. The maximum Gasteiger partial charge on any atom is 0.522 e. The molecule has 0 bridgehead atoms. The van der Waals surface area contributed by atoms with Crippen molar-refractivity contribution in [3.63, 3.8) is 0 Å². The van der Waals surface area contributed by atoms with Gasteiger partial charge in [0.2, 0.25) is 0 Å². The minimum Gasteiger partial charge on any atom is -0.292 e. The first-order chi connectivity index (χ1) is 7.08. The Bertz CT molecular complexity index is 303. The second kappa shape index (κ2) is 5.56. The van der Waals surface area contributed by atoms with Gasteiger partial charge in [0.15, 0.2) is 0 Å². The number of ether oxygens (including phenoxy) is 1. The Hall–Kier alpha value is -1.29. The van der Waals surface area contributed by atoms with Gasteiger partial charge < -0.3 is 0 Å².